The summed E-state index contributed by atoms with van der Waals surface area (Å²) in [4.78, 5) is 11.7. The number of carbonyl (C=O) groups excluding carboxylic acids is 1. The molecule has 3 nitrogen and oxygen atoms in total. The normalized spacial score (nSPS) is 11.7. The molecule has 1 aromatic carbocycles. The molecule has 1 rings (SSSR count). The van der Waals surface area contributed by atoms with Crippen molar-refractivity contribution in [3.63, 3.8) is 0 Å². The highest BCUT2D eigenvalue weighted by atomic mass is 19.1. The Morgan fingerprint density at radius 2 is 2.11 bits per heavy atom. The third-order valence-electron chi connectivity index (χ3n) is 2.53. The van der Waals surface area contributed by atoms with Gasteiger partial charge < -0.3 is 5.32 Å². The summed E-state index contributed by atoms with van der Waals surface area (Å²) in [6.07, 6.45) is 1.22. The molecule has 0 aliphatic rings. The number of aryl methyl sites for hydroxylation is 1. The van der Waals surface area contributed by atoms with Crippen molar-refractivity contribution in [2.75, 3.05) is 0 Å². The molecule has 0 spiro atoms. The van der Waals surface area contributed by atoms with Crippen LogP contribution in [0.5, 0.6) is 0 Å². The van der Waals surface area contributed by atoms with Crippen molar-refractivity contribution >= 4 is 5.91 Å². The molecule has 0 aromatic heterocycles. The van der Waals surface area contributed by atoms with Crippen molar-refractivity contribution in [2.45, 2.75) is 32.7 Å². The van der Waals surface area contributed by atoms with E-state index in [1.54, 1.807) is 0 Å². The zero-order valence-electron chi connectivity index (χ0n) is 10.3. The lowest BCUT2D eigenvalue weighted by Crippen LogP contribution is -2.34. The van der Waals surface area contributed by atoms with Gasteiger partial charge in [0.1, 0.15) is 17.7 Å². The van der Waals surface area contributed by atoms with E-state index in [0.717, 1.165) is 12.5 Å². The summed E-state index contributed by atoms with van der Waals surface area (Å²) in [5, 5.41) is 11.2. The average molecular weight is 252 g/mol. The van der Waals surface area contributed by atoms with Crippen LogP contribution in [0.4, 0.5) is 8.78 Å². The van der Waals surface area contributed by atoms with Crippen LogP contribution in [0.1, 0.15) is 35.7 Å². The molecule has 1 unspecified atom stereocenters. The van der Waals surface area contributed by atoms with Crippen LogP contribution in [-0.4, -0.2) is 11.9 Å². The molecular formula is C13H14F2N2O. The number of nitrogens with zero attached hydrogens (tertiary/aromatic N) is 1. The summed E-state index contributed by atoms with van der Waals surface area (Å²) >= 11 is 0. The zero-order chi connectivity index (χ0) is 13.7. The highest BCUT2D eigenvalue weighted by Crippen LogP contribution is 2.14. The number of hydrogen-bond acceptors (Lipinski definition) is 2. The van der Waals surface area contributed by atoms with E-state index in [2.05, 4.69) is 5.32 Å². The molecule has 0 fully saturated rings. The Morgan fingerprint density at radius 3 is 2.67 bits per heavy atom. The number of carbonyl (C=O) groups is 1. The SMILES string of the molecule is CCCC(C#N)NC(=O)c1cc(C)c(F)cc1F. The van der Waals surface area contributed by atoms with E-state index in [-0.39, 0.29) is 11.1 Å². The van der Waals surface area contributed by atoms with Gasteiger partial charge in [-0.25, -0.2) is 8.78 Å². The van der Waals surface area contributed by atoms with Gasteiger partial charge in [0.25, 0.3) is 5.91 Å². The summed E-state index contributed by atoms with van der Waals surface area (Å²) in [5.41, 5.74) is -0.0594. The van der Waals surface area contributed by atoms with Crippen LogP contribution in [0.15, 0.2) is 12.1 Å². The first-order valence-electron chi connectivity index (χ1n) is 5.65. The monoisotopic (exact) mass is 252 g/mol. The summed E-state index contributed by atoms with van der Waals surface area (Å²) in [7, 11) is 0. The first-order valence-corrected chi connectivity index (χ1v) is 5.65. The van der Waals surface area contributed by atoms with Crippen molar-refractivity contribution in [2.24, 2.45) is 0 Å². The Morgan fingerprint density at radius 1 is 1.44 bits per heavy atom. The Kier molecular flexibility index (Phi) is 4.78. The van der Waals surface area contributed by atoms with Gasteiger partial charge in [-0.2, -0.15) is 5.26 Å². The lowest BCUT2D eigenvalue weighted by Gasteiger charge is -2.11. The lowest BCUT2D eigenvalue weighted by molar-refractivity contribution is 0.0939. The lowest BCUT2D eigenvalue weighted by atomic mass is 10.1. The molecule has 1 N–H and O–H groups in total. The van der Waals surface area contributed by atoms with E-state index >= 15 is 0 Å². The smallest absolute Gasteiger partial charge is 0.255 e. The fraction of sp³-hybridized carbons (Fsp3) is 0.385. The molecule has 1 amide bonds. The highest BCUT2D eigenvalue weighted by Gasteiger charge is 2.17. The molecule has 1 aromatic rings. The van der Waals surface area contributed by atoms with Crippen molar-refractivity contribution in [1.29, 1.82) is 5.26 Å². The van der Waals surface area contributed by atoms with Gasteiger partial charge in [-0.1, -0.05) is 13.3 Å². The van der Waals surface area contributed by atoms with Crippen LogP contribution in [0.25, 0.3) is 0 Å². The Labute approximate surface area is 104 Å². The maximum Gasteiger partial charge on any atom is 0.255 e. The number of halogens is 2. The number of nitrogens with one attached hydrogen (secondary N) is 1. The third-order valence-corrected chi connectivity index (χ3v) is 2.53. The third kappa shape index (κ3) is 3.27. The van der Waals surface area contributed by atoms with E-state index in [9.17, 15) is 13.6 Å². The summed E-state index contributed by atoms with van der Waals surface area (Å²) in [6, 6.07) is 3.07. The largest absolute Gasteiger partial charge is 0.336 e. The fourth-order valence-electron chi connectivity index (χ4n) is 1.52. The van der Waals surface area contributed by atoms with E-state index in [0.29, 0.717) is 12.5 Å². The molecule has 0 aliphatic heterocycles. The molecule has 0 bridgehead atoms. The first-order chi connectivity index (χ1) is 8.49. The minimum absolute atomic E-state index is 0.186. The molecule has 0 saturated heterocycles. The van der Waals surface area contributed by atoms with E-state index in [1.807, 2.05) is 13.0 Å². The standard InChI is InChI=1S/C13H14F2N2O/c1-3-4-9(7-16)17-13(18)10-5-8(2)11(14)6-12(10)15/h5-6,9H,3-4H2,1-2H3,(H,17,18). The summed E-state index contributed by atoms with van der Waals surface area (Å²) in [5.74, 6) is -2.33. The van der Waals surface area contributed by atoms with Crippen molar-refractivity contribution in [3.05, 3.63) is 34.9 Å². The molecule has 5 heteroatoms. The van der Waals surface area contributed by atoms with Crippen LogP contribution < -0.4 is 5.32 Å². The molecule has 0 saturated carbocycles. The number of nitriles is 1. The van der Waals surface area contributed by atoms with Crippen LogP contribution in [0, 0.1) is 29.9 Å². The second-order valence-corrected chi connectivity index (χ2v) is 4.03. The van der Waals surface area contributed by atoms with Gasteiger partial charge in [0.05, 0.1) is 11.6 Å². The maximum absolute atomic E-state index is 13.4. The van der Waals surface area contributed by atoms with Gasteiger partial charge in [-0.15, -0.1) is 0 Å². The molecular weight excluding hydrogens is 238 g/mol. The van der Waals surface area contributed by atoms with E-state index in [1.165, 1.54) is 6.92 Å². The quantitative estimate of drug-likeness (QED) is 0.895. The molecule has 0 radical (unpaired) electrons. The minimum atomic E-state index is -0.927. The Bertz CT molecular complexity index is 494. The van der Waals surface area contributed by atoms with Gasteiger partial charge in [0.2, 0.25) is 0 Å². The van der Waals surface area contributed by atoms with Crippen LogP contribution in [0.2, 0.25) is 0 Å². The van der Waals surface area contributed by atoms with Crippen molar-refractivity contribution in [1.82, 2.24) is 5.32 Å². The van der Waals surface area contributed by atoms with Crippen LogP contribution in [-0.2, 0) is 0 Å². The zero-order valence-corrected chi connectivity index (χ0v) is 10.3. The summed E-state index contributed by atoms with van der Waals surface area (Å²) < 4.78 is 26.5. The predicted octanol–water partition coefficient (Wildman–Crippen LogP) is 2.70. The number of amides is 1. The number of hydrogen-bond donors (Lipinski definition) is 1. The van der Waals surface area contributed by atoms with Gasteiger partial charge in [-0.05, 0) is 25.0 Å². The molecule has 0 heterocycles. The Hall–Kier alpha value is -1.96. The van der Waals surface area contributed by atoms with Gasteiger partial charge in [0.15, 0.2) is 0 Å². The second-order valence-electron chi connectivity index (χ2n) is 4.03. The molecule has 1 atom stereocenters. The first kappa shape index (κ1) is 14.1. The van der Waals surface area contributed by atoms with Crippen molar-refractivity contribution < 1.29 is 13.6 Å². The predicted molar refractivity (Wildman–Crippen MR) is 62.9 cm³/mol. The second kappa shape index (κ2) is 6.10. The topological polar surface area (TPSA) is 52.9 Å². The van der Waals surface area contributed by atoms with E-state index in [4.69, 9.17) is 5.26 Å². The van der Waals surface area contributed by atoms with Crippen molar-refractivity contribution in [3.8, 4) is 6.07 Å². The van der Waals surface area contributed by atoms with Crippen LogP contribution in [0.3, 0.4) is 0 Å². The fourth-order valence-corrected chi connectivity index (χ4v) is 1.52. The number of rotatable bonds is 4. The minimum Gasteiger partial charge on any atom is -0.336 e. The highest BCUT2D eigenvalue weighted by molar-refractivity contribution is 5.95. The van der Waals surface area contributed by atoms with Gasteiger partial charge >= 0.3 is 0 Å². The number of benzene rings is 1. The van der Waals surface area contributed by atoms with E-state index < -0.39 is 23.6 Å². The molecule has 0 aliphatic carbocycles. The summed E-state index contributed by atoms with van der Waals surface area (Å²) in [6.45, 7) is 3.32. The average Bonchev–Trinajstić information content (AvgIpc) is 2.33. The van der Waals surface area contributed by atoms with Crippen LogP contribution >= 0.6 is 0 Å². The van der Waals surface area contributed by atoms with Gasteiger partial charge in [0, 0.05) is 6.07 Å². The van der Waals surface area contributed by atoms with Gasteiger partial charge in [-0.3, -0.25) is 4.79 Å². The molecule has 18 heavy (non-hydrogen) atoms. The maximum atomic E-state index is 13.4. The Balaban J connectivity index is 2.91. The molecule has 96 valence electrons.